The van der Waals surface area contributed by atoms with Gasteiger partial charge in [-0.15, -0.1) is 0 Å². The predicted octanol–water partition coefficient (Wildman–Crippen LogP) is 1.14. The van der Waals surface area contributed by atoms with Crippen LogP contribution in [0.2, 0.25) is 0 Å². The first-order valence-corrected chi connectivity index (χ1v) is 7.63. The molecule has 6 nitrogen and oxygen atoms in total. The lowest BCUT2D eigenvalue weighted by Gasteiger charge is -2.27. The molecule has 0 spiro atoms. The van der Waals surface area contributed by atoms with Gasteiger partial charge in [0.1, 0.15) is 0 Å². The van der Waals surface area contributed by atoms with Gasteiger partial charge in [0.05, 0.1) is 18.2 Å². The zero-order valence-corrected chi connectivity index (χ0v) is 11.9. The molecule has 2 fully saturated rings. The Morgan fingerprint density at radius 1 is 1.29 bits per heavy atom. The van der Waals surface area contributed by atoms with Crippen molar-refractivity contribution in [2.75, 3.05) is 6.54 Å². The summed E-state index contributed by atoms with van der Waals surface area (Å²) >= 11 is 0. The Morgan fingerprint density at radius 2 is 2.05 bits per heavy atom. The fourth-order valence-electron chi connectivity index (χ4n) is 4.03. The number of imidazole rings is 1. The topological polar surface area (TPSA) is 84.2 Å². The maximum atomic E-state index is 12.3. The molecule has 0 aromatic carbocycles. The Bertz CT molecular complexity index is 514. The maximum absolute atomic E-state index is 12.3. The number of fused-ring (bicyclic) bond motifs is 2. The van der Waals surface area contributed by atoms with Gasteiger partial charge in [-0.1, -0.05) is 0 Å². The second-order valence-corrected chi connectivity index (χ2v) is 6.17. The third-order valence-corrected chi connectivity index (χ3v) is 4.96. The molecule has 0 unspecified atom stereocenters. The maximum Gasteiger partial charge on any atom is 0.307 e. The molecule has 2 N–H and O–H groups in total. The molecule has 2 saturated carbocycles. The average molecular weight is 291 g/mol. The number of carboxylic acid groups (broad SMARTS) is 1. The highest BCUT2D eigenvalue weighted by Gasteiger charge is 2.53. The van der Waals surface area contributed by atoms with Crippen LogP contribution in [0.3, 0.4) is 0 Å². The molecule has 2 aliphatic carbocycles. The molecule has 6 heteroatoms. The van der Waals surface area contributed by atoms with E-state index in [0.29, 0.717) is 6.54 Å². The largest absolute Gasteiger partial charge is 0.481 e. The number of carboxylic acids is 1. The third kappa shape index (κ3) is 2.80. The molecule has 1 aromatic heterocycles. The number of carbonyl (C=O) groups is 2. The summed E-state index contributed by atoms with van der Waals surface area (Å²) in [6, 6.07) is 0. The minimum absolute atomic E-state index is 0.0692. The molecule has 2 aliphatic rings. The number of rotatable bonds is 6. The van der Waals surface area contributed by atoms with Gasteiger partial charge in [0.15, 0.2) is 0 Å². The zero-order chi connectivity index (χ0) is 14.8. The first-order valence-electron chi connectivity index (χ1n) is 7.63. The minimum Gasteiger partial charge on any atom is -0.481 e. The first kappa shape index (κ1) is 14.1. The van der Waals surface area contributed by atoms with Gasteiger partial charge in [0.25, 0.3) is 0 Å². The number of hydrogen-bond donors (Lipinski definition) is 2. The highest BCUT2D eigenvalue weighted by molar-refractivity contribution is 5.86. The summed E-state index contributed by atoms with van der Waals surface area (Å²) in [5.41, 5.74) is 0. The standard InChI is InChI=1S/C15H21N3O3/c19-14(17-4-1-6-18-7-5-16-9-18)12-10-2-3-11(8-10)13(12)15(20)21/h5,7,9-13H,1-4,6,8H2,(H,17,19)(H,20,21)/t10-,11-,12+,13+/m0/s1. The van der Waals surface area contributed by atoms with Crippen molar-refractivity contribution in [3.63, 3.8) is 0 Å². The van der Waals surface area contributed by atoms with E-state index >= 15 is 0 Å². The van der Waals surface area contributed by atoms with E-state index in [1.165, 1.54) is 0 Å². The van der Waals surface area contributed by atoms with E-state index in [2.05, 4.69) is 10.3 Å². The molecule has 0 aliphatic heterocycles. The fourth-order valence-corrected chi connectivity index (χ4v) is 4.03. The van der Waals surface area contributed by atoms with Crippen molar-refractivity contribution >= 4 is 11.9 Å². The molecule has 3 rings (SSSR count). The van der Waals surface area contributed by atoms with Crippen LogP contribution in [0.4, 0.5) is 0 Å². The Kier molecular flexibility index (Phi) is 3.94. The van der Waals surface area contributed by atoms with Crippen LogP contribution in [0.1, 0.15) is 25.7 Å². The summed E-state index contributed by atoms with van der Waals surface area (Å²) < 4.78 is 1.96. The lowest BCUT2D eigenvalue weighted by molar-refractivity contribution is -0.149. The summed E-state index contributed by atoms with van der Waals surface area (Å²) in [7, 11) is 0. The number of aliphatic carboxylic acids is 1. The molecule has 1 amide bonds. The van der Waals surface area contributed by atoms with Gasteiger partial charge in [-0.3, -0.25) is 9.59 Å². The quantitative estimate of drug-likeness (QED) is 0.770. The van der Waals surface area contributed by atoms with Gasteiger partial charge in [0.2, 0.25) is 5.91 Å². The van der Waals surface area contributed by atoms with Crippen LogP contribution in [0.25, 0.3) is 0 Å². The number of hydrogen-bond acceptors (Lipinski definition) is 3. The second kappa shape index (κ2) is 5.87. The number of carbonyl (C=O) groups excluding carboxylic acids is 1. The van der Waals surface area contributed by atoms with Gasteiger partial charge in [-0.25, -0.2) is 4.98 Å². The molecular weight excluding hydrogens is 270 g/mol. The van der Waals surface area contributed by atoms with Crippen LogP contribution in [0, 0.1) is 23.7 Å². The molecule has 1 heterocycles. The summed E-state index contributed by atoms with van der Waals surface area (Å²) in [6.45, 7) is 1.39. The number of aryl methyl sites for hydroxylation is 1. The van der Waals surface area contributed by atoms with Crippen molar-refractivity contribution in [3.05, 3.63) is 18.7 Å². The Balaban J connectivity index is 1.49. The minimum atomic E-state index is -0.805. The highest BCUT2D eigenvalue weighted by atomic mass is 16.4. The number of aromatic nitrogens is 2. The van der Waals surface area contributed by atoms with Crippen molar-refractivity contribution < 1.29 is 14.7 Å². The first-order chi connectivity index (χ1) is 10.2. The van der Waals surface area contributed by atoms with Crippen molar-refractivity contribution in [2.45, 2.75) is 32.2 Å². The van der Waals surface area contributed by atoms with Crippen LogP contribution in [0.5, 0.6) is 0 Å². The van der Waals surface area contributed by atoms with Crippen LogP contribution in [-0.4, -0.2) is 33.1 Å². The van der Waals surface area contributed by atoms with E-state index in [9.17, 15) is 14.7 Å². The Morgan fingerprint density at radius 3 is 2.71 bits per heavy atom. The number of nitrogens with zero attached hydrogens (tertiary/aromatic N) is 2. The van der Waals surface area contributed by atoms with Gasteiger partial charge < -0.3 is 15.0 Å². The lowest BCUT2D eigenvalue weighted by Crippen LogP contribution is -2.41. The van der Waals surface area contributed by atoms with Crippen molar-refractivity contribution in [1.29, 1.82) is 0 Å². The van der Waals surface area contributed by atoms with E-state index in [4.69, 9.17) is 0 Å². The molecule has 0 saturated heterocycles. The fraction of sp³-hybridized carbons (Fsp3) is 0.667. The van der Waals surface area contributed by atoms with Crippen molar-refractivity contribution in [3.8, 4) is 0 Å². The second-order valence-electron chi connectivity index (χ2n) is 6.17. The highest BCUT2D eigenvalue weighted by Crippen LogP contribution is 2.52. The average Bonchev–Trinajstić information content (AvgIpc) is 3.18. The van der Waals surface area contributed by atoms with Gasteiger partial charge in [0, 0.05) is 25.5 Å². The number of nitrogens with one attached hydrogen (secondary N) is 1. The van der Waals surface area contributed by atoms with E-state index in [1.54, 1.807) is 12.5 Å². The van der Waals surface area contributed by atoms with E-state index in [-0.39, 0.29) is 23.7 Å². The molecule has 2 bridgehead atoms. The molecule has 1 aromatic rings. The van der Waals surface area contributed by atoms with E-state index < -0.39 is 11.9 Å². The Hall–Kier alpha value is -1.85. The van der Waals surface area contributed by atoms with Gasteiger partial charge in [-0.2, -0.15) is 0 Å². The summed E-state index contributed by atoms with van der Waals surface area (Å²) in [6.07, 6.45) is 9.06. The van der Waals surface area contributed by atoms with Gasteiger partial charge >= 0.3 is 5.97 Å². The van der Waals surface area contributed by atoms with Crippen LogP contribution in [0.15, 0.2) is 18.7 Å². The predicted molar refractivity (Wildman–Crippen MR) is 75.3 cm³/mol. The lowest BCUT2D eigenvalue weighted by atomic mass is 9.78. The Labute approximate surface area is 123 Å². The summed E-state index contributed by atoms with van der Waals surface area (Å²) in [5.74, 6) is -1.20. The molecule has 114 valence electrons. The summed E-state index contributed by atoms with van der Waals surface area (Å²) in [4.78, 5) is 27.7. The summed E-state index contributed by atoms with van der Waals surface area (Å²) in [5, 5.41) is 12.3. The molecule has 0 radical (unpaired) electrons. The van der Waals surface area contributed by atoms with Crippen molar-refractivity contribution in [2.24, 2.45) is 23.7 Å². The smallest absolute Gasteiger partial charge is 0.307 e. The van der Waals surface area contributed by atoms with E-state index in [1.807, 2.05) is 10.8 Å². The van der Waals surface area contributed by atoms with Crippen molar-refractivity contribution in [1.82, 2.24) is 14.9 Å². The van der Waals surface area contributed by atoms with Crippen LogP contribution >= 0.6 is 0 Å². The molecule has 21 heavy (non-hydrogen) atoms. The third-order valence-electron chi connectivity index (χ3n) is 4.96. The van der Waals surface area contributed by atoms with Gasteiger partial charge in [-0.05, 0) is 37.5 Å². The zero-order valence-electron chi connectivity index (χ0n) is 11.9. The SMILES string of the molecule is O=C(O)[C@@H]1[C@H]2CC[C@@H](C2)[C@H]1C(=O)NCCCn1ccnc1. The molecule has 4 atom stereocenters. The van der Waals surface area contributed by atoms with E-state index in [0.717, 1.165) is 32.2 Å². The van der Waals surface area contributed by atoms with Crippen LogP contribution < -0.4 is 5.32 Å². The monoisotopic (exact) mass is 291 g/mol. The van der Waals surface area contributed by atoms with Crippen LogP contribution in [-0.2, 0) is 16.1 Å². The molecular formula is C15H21N3O3. The number of amides is 1. The normalized spacial score (nSPS) is 30.5.